The van der Waals surface area contributed by atoms with Gasteiger partial charge in [0.2, 0.25) is 0 Å². The van der Waals surface area contributed by atoms with Gasteiger partial charge in [0.1, 0.15) is 5.75 Å². The van der Waals surface area contributed by atoms with Crippen LogP contribution in [0.2, 0.25) is 0 Å². The highest BCUT2D eigenvalue weighted by Gasteiger charge is 2.11. The van der Waals surface area contributed by atoms with Gasteiger partial charge in [-0.2, -0.15) is 0 Å². The van der Waals surface area contributed by atoms with Gasteiger partial charge in [-0.3, -0.25) is 4.57 Å². The molecule has 1 heterocycles. The van der Waals surface area contributed by atoms with E-state index >= 15 is 0 Å². The molecule has 23 heavy (non-hydrogen) atoms. The summed E-state index contributed by atoms with van der Waals surface area (Å²) in [5.41, 5.74) is 2.49. The molecular formula is C17H16N2O4. The van der Waals surface area contributed by atoms with Crippen LogP contribution >= 0.6 is 0 Å². The van der Waals surface area contributed by atoms with E-state index in [1.807, 2.05) is 24.3 Å². The molecule has 0 unspecified atom stereocenters. The first-order valence-electron chi connectivity index (χ1n) is 7.06. The minimum absolute atomic E-state index is 0.224. The van der Waals surface area contributed by atoms with E-state index in [0.29, 0.717) is 17.6 Å². The first-order valence-corrected chi connectivity index (χ1v) is 7.06. The fourth-order valence-electron chi connectivity index (χ4n) is 2.48. The number of esters is 1. The van der Waals surface area contributed by atoms with Crippen molar-refractivity contribution in [3.63, 3.8) is 0 Å². The number of carbonyl (C=O) groups excluding carboxylic acids is 1. The second kappa shape index (κ2) is 6.00. The molecule has 0 aliphatic carbocycles. The molecule has 118 valence electrons. The summed E-state index contributed by atoms with van der Waals surface area (Å²) in [6, 6.07) is 12.5. The Balaban J connectivity index is 1.98. The average molecular weight is 312 g/mol. The van der Waals surface area contributed by atoms with Gasteiger partial charge in [-0.1, -0.05) is 12.1 Å². The Kier molecular flexibility index (Phi) is 3.89. The highest BCUT2D eigenvalue weighted by Crippen LogP contribution is 2.16. The average Bonchev–Trinajstić information content (AvgIpc) is 2.89. The zero-order chi connectivity index (χ0) is 16.4. The van der Waals surface area contributed by atoms with Gasteiger partial charge in [-0.05, 0) is 35.9 Å². The molecule has 0 atom stereocenters. The lowest BCUT2D eigenvalue weighted by Crippen LogP contribution is -2.17. The molecule has 0 bridgehead atoms. The van der Waals surface area contributed by atoms with Crippen molar-refractivity contribution in [2.45, 2.75) is 6.54 Å². The van der Waals surface area contributed by atoms with E-state index in [1.165, 1.54) is 7.11 Å². The molecule has 0 amide bonds. The second-order valence-corrected chi connectivity index (χ2v) is 5.09. The Morgan fingerprint density at radius 1 is 1.13 bits per heavy atom. The fraction of sp³-hybridized carbons (Fsp3) is 0.176. The van der Waals surface area contributed by atoms with Crippen molar-refractivity contribution in [2.24, 2.45) is 0 Å². The molecule has 0 aliphatic rings. The maximum Gasteiger partial charge on any atom is 0.337 e. The molecule has 1 aromatic heterocycles. The lowest BCUT2D eigenvalue weighted by molar-refractivity contribution is 0.0601. The van der Waals surface area contributed by atoms with Crippen LogP contribution in [0.5, 0.6) is 5.75 Å². The highest BCUT2D eigenvalue weighted by atomic mass is 16.5. The number of ether oxygens (including phenoxy) is 2. The molecule has 0 radical (unpaired) electrons. The quantitative estimate of drug-likeness (QED) is 0.749. The van der Waals surface area contributed by atoms with Gasteiger partial charge in [0.15, 0.2) is 0 Å². The van der Waals surface area contributed by atoms with Crippen LogP contribution in [0, 0.1) is 0 Å². The third kappa shape index (κ3) is 2.83. The van der Waals surface area contributed by atoms with E-state index in [9.17, 15) is 9.59 Å². The molecule has 1 N–H and O–H groups in total. The number of rotatable bonds is 4. The Hall–Kier alpha value is -3.02. The third-order valence-corrected chi connectivity index (χ3v) is 3.69. The number of methoxy groups -OCH3 is 2. The first-order chi connectivity index (χ1) is 11.1. The molecule has 6 heteroatoms. The van der Waals surface area contributed by atoms with E-state index in [-0.39, 0.29) is 5.69 Å². The number of hydrogen-bond acceptors (Lipinski definition) is 4. The molecule has 0 fully saturated rings. The maximum absolute atomic E-state index is 12.2. The molecule has 0 aliphatic heterocycles. The Morgan fingerprint density at radius 2 is 1.87 bits per heavy atom. The van der Waals surface area contributed by atoms with Crippen LogP contribution < -0.4 is 10.4 Å². The van der Waals surface area contributed by atoms with Crippen molar-refractivity contribution in [3.05, 3.63) is 64.1 Å². The standard InChI is InChI=1S/C17H16N2O4/c1-22-13-6-3-11(4-7-13)10-19-15-8-5-12(16(20)23-2)9-14(15)18-17(19)21/h3-9H,10H2,1-2H3,(H,18,21). The molecule has 3 rings (SSSR count). The maximum atomic E-state index is 12.2. The van der Waals surface area contributed by atoms with Crippen molar-refractivity contribution in [2.75, 3.05) is 14.2 Å². The van der Waals surface area contributed by atoms with E-state index in [2.05, 4.69) is 4.98 Å². The lowest BCUT2D eigenvalue weighted by atomic mass is 10.2. The summed E-state index contributed by atoms with van der Waals surface area (Å²) in [5, 5.41) is 0. The Morgan fingerprint density at radius 3 is 2.52 bits per heavy atom. The minimum atomic E-state index is -0.435. The SMILES string of the molecule is COC(=O)c1ccc2c(c1)[nH]c(=O)n2Cc1ccc(OC)cc1. The number of benzene rings is 2. The van der Waals surface area contributed by atoms with Gasteiger partial charge >= 0.3 is 11.7 Å². The molecule has 3 aromatic rings. The van der Waals surface area contributed by atoms with Crippen LogP contribution in [0.3, 0.4) is 0 Å². The van der Waals surface area contributed by atoms with Gasteiger partial charge in [0.05, 0.1) is 37.4 Å². The fourth-order valence-corrected chi connectivity index (χ4v) is 2.48. The number of aromatic amines is 1. The normalized spacial score (nSPS) is 10.7. The molecule has 0 saturated carbocycles. The predicted octanol–water partition coefficient (Wildman–Crippen LogP) is 2.17. The van der Waals surface area contributed by atoms with Gasteiger partial charge < -0.3 is 14.5 Å². The first kappa shape index (κ1) is 14.9. The molecule has 6 nitrogen and oxygen atoms in total. The van der Waals surface area contributed by atoms with Crippen LogP contribution in [0.15, 0.2) is 47.3 Å². The Labute approximate surface area is 132 Å². The van der Waals surface area contributed by atoms with Crippen molar-refractivity contribution in [3.8, 4) is 5.75 Å². The lowest BCUT2D eigenvalue weighted by Gasteiger charge is -2.06. The largest absolute Gasteiger partial charge is 0.497 e. The number of H-pyrrole nitrogens is 1. The molecule has 2 aromatic carbocycles. The summed E-state index contributed by atoms with van der Waals surface area (Å²) in [5.74, 6) is 0.332. The summed E-state index contributed by atoms with van der Waals surface area (Å²) in [7, 11) is 2.93. The summed E-state index contributed by atoms with van der Waals surface area (Å²) in [4.78, 5) is 26.5. The monoisotopic (exact) mass is 312 g/mol. The van der Waals surface area contributed by atoms with Gasteiger partial charge in [-0.15, -0.1) is 0 Å². The van der Waals surface area contributed by atoms with Crippen LogP contribution in [0.25, 0.3) is 11.0 Å². The number of imidazole rings is 1. The smallest absolute Gasteiger partial charge is 0.337 e. The summed E-state index contributed by atoms with van der Waals surface area (Å²) >= 11 is 0. The topological polar surface area (TPSA) is 73.3 Å². The van der Waals surface area contributed by atoms with Gasteiger partial charge in [-0.25, -0.2) is 9.59 Å². The molecule has 0 saturated heterocycles. The molecule has 0 spiro atoms. The third-order valence-electron chi connectivity index (χ3n) is 3.69. The van der Waals surface area contributed by atoms with Crippen molar-refractivity contribution in [1.82, 2.24) is 9.55 Å². The Bertz CT molecular complexity index is 906. The number of carbonyl (C=O) groups is 1. The van der Waals surface area contributed by atoms with Gasteiger partial charge in [0.25, 0.3) is 0 Å². The zero-order valence-electron chi connectivity index (χ0n) is 12.8. The summed E-state index contributed by atoms with van der Waals surface area (Å²) in [6.45, 7) is 0.431. The zero-order valence-corrected chi connectivity index (χ0v) is 12.8. The number of nitrogens with zero attached hydrogens (tertiary/aromatic N) is 1. The van der Waals surface area contributed by atoms with Gasteiger partial charge in [0, 0.05) is 0 Å². The summed E-state index contributed by atoms with van der Waals surface area (Å²) < 4.78 is 11.4. The second-order valence-electron chi connectivity index (χ2n) is 5.09. The van der Waals surface area contributed by atoms with Crippen molar-refractivity contribution >= 4 is 17.0 Å². The molecular weight excluding hydrogens is 296 g/mol. The number of hydrogen-bond donors (Lipinski definition) is 1. The number of aromatic nitrogens is 2. The van der Waals surface area contributed by atoms with Crippen LogP contribution in [-0.2, 0) is 11.3 Å². The predicted molar refractivity (Wildman–Crippen MR) is 86.0 cm³/mol. The number of nitrogens with one attached hydrogen (secondary N) is 1. The van der Waals surface area contributed by atoms with Crippen LogP contribution in [0.1, 0.15) is 15.9 Å². The minimum Gasteiger partial charge on any atom is -0.497 e. The van der Waals surface area contributed by atoms with Crippen LogP contribution in [0.4, 0.5) is 0 Å². The van der Waals surface area contributed by atoms with Crippen molar-refractivity contribution in [1.29, 1.82) is 0 Å². The van der Waals surface area contributed by atoms with Crippen LogP contribution in [-0.4, -0.2) is 29.7 Å². The van der Waals surface area contributed by atoms with E-state index in [1.54, 1.807) is 29.9 Å². The van der Waals surface area contributed by atoms with Crippen molar-refractivity contribution < 1.29 is 14.3 Å². The van der Waals surface area contributed by atoms with E-state index in [4.69, 9.17) is 9.47 Å². The highest BCUT2D eigenvalue weighted by molar-refractivity contribution is 5.93. The van der Waals surface area contributed by atoms with E-state index in [0.717, 1.165) is 16.8 Å². The summed E-state index contributed by atoms with van der Waals surface area (Å²) in [6.07, 6.45) is 0. The van der Waals surface area contributed by atoms with E-state index < -0.39 is 5.97 Å². The number of fused-ring (bicyclic) bond motifs is 1.